The highest BCUT2D eigenvalue weighted by Crippen LogP contribution is 2.40. The molecule has 178 valence electrons. The Balaban J connectivity index is 1.67. The van der Waals surface area contributed by atoms with Gasteiger partial charge in [-0.25, -0.2) is 8.42 Å². The van der Waals surface area contributed by atoms with Crippen LogP contribution in [-0.2, 0) is 14.8 Å². The molecule has 1 unspecified atom stereocenters. The summed E-state index contributed by atoms with van der Waals surface area (Å²) in [5.41, 5.74) is 1.54. The van der Waals surface area contributed by atoms with Crippen LogP contribution in [0.3, 0.4) is 0 Å². The maximum absolute atomic E-state index is 12.6. The van der Waals surface area contributed by atoms with Crippen LogP contribution in [0.25, 0.3) is 6.08 Å². The van der Waals surface area contributed by atoms with Crippen molar-refractivity contribution >= 4 is 22.0 Å². The number of amides is 1. The Kier molecular flexibility index (Phi) is 7.99. The fourth-order valence-electron chi connectivity index (χ4n) is 3.55. The lowest BCUT2D eigenvalue weighted by Gasteiger charge is -2.21. The highest BCUT2D eigenvalue weighted by Gasteiger charge is 2.22. The van der Waals surface area contributed by atoms with E-state index in [-0.39, 0.29) is 16.8 Å². The predicted molar refractivity (Wildman–Crippen MR) is 126 cm³/mol. The first-order valence-electron chi connectivity index (χ1n) is 10.9. The number of carbonyl (C=O) groups excluding carboxylic acids is 1. The van der Waals surface area contributed by atoms with E-state index in [0.717, 1.165) is 11.1 Å². The summed E-state index contributed by atoms with van der Waals surface area (Å²) in [6, 6.07) is 9.84. The zero-order valence-electron chi connectivity index (χ0n) is 19.3. The summed E-state index contributed by atoms with van der Waals surface area (Å²) in [5.74, 6) is 1.40. The van der Waals surface area contributed by atoms with Crippen LogP contribution in [0.4, 0.5) is 0 Å². The van der Waals surface area contributed by atoms with Crippen LogP contribution >= 0.6 is 0 Å². The molecule has 0 spiro atoms. The molecular weight excluding hydrogens is 444 g/mol. The van der Waals surface area contributed by atoms with Crippen LogP contribution in [0.15, 0.2) is 47.4 Å². The van der Waals surface area contributed by atoms with Crippen molar-refractivity contribution in [2.75, 3.05) is 33.4 Å². The van der Waals surface area contributed by atoms with Crippen molar-refractivity contribution in [3.05, 3.63) is 53.6 Å². The van der Waals surface area contributed by atoms with Gasteiger partial charge in [0, 0.05) is 19.2 Å². The number of sulfonamides is 1. The van der Waals surface area contributed by atoms with Gasteiger partial charge in [-0.2, -0.15) is 4.31 Å². The zero-order valence-corrected chi connectivity index (χ0v) is 20.1. The summed E-state index contributed by atoms with van der Waals surface area (Å²) in [6.45, 7) is 7.19. The van der Waals surface area contributed by atoms with E-state index in [2.05, 4.69) is 5.32 Å². The largest absolute Gasteiger partial charge is 0.493 e. The summed E-state index contributed by atoms with van der Waals surface area (Å²) in [6.07, 6.45) is 3.10. The topological polar surface area (TPSA) is 94.2 Å². The average Bonchev–Trinajstić information content (AvgIpc) is 2.82. The van der Waals surface area contributed by atoms with Crippen molar-refractivity contribution in [1.82, 2.24) is 9.62 Å². The smallest absolute Gasteiger partial charge is 0.244 e. The van der Waals surface area contributed by atoms with Gasteiger partial charge in [0.15, 0.2) is 11.5 Å². The molecule has 1 heterocycles. The molecule has 1 amide bonds. The quantitative estimate of drug-likeness (QED) is 0.560. The monoisotopic (exact) mass is 474 g/mol. The molecule has 33 heavy (non-hydrogen) atoms. The number of carbonyl (C=O) groups is 1. The van der Waals surface area contributed by atoms with E-state index >= 15 is 0 Å². The summed E-state index contributed by atoms with van der Waals surface area (Å²) in [7, 11) is -1.96. The van der Waals surface area contributed by atoms with E-state index in [4.69, 9.17) is 14.2 Å². The number of nitrogens with zero attached hydrogens (tertiary/aromatic N) is 1. The second-order valence-corrected chi connectivity index (χ2v) is 9.41. The van der Waals surface area contributed by atoms with Crippen molar-refractivity contribution < 1.29 is 27.4 Å². The van der Waals surface area contributed by atoms with Crippen molar-refractivity contribution in [3.63, 3.8) is 0 Å². The van der Waals surface area contributed by atoms with E-state index in [1.54, 1.807) is 49.6 Å². The predicted octanol–water partition coefficient (Wildman–Crippen LogP) is 3.39. The molecule has 1 aliphatic heterocycles. The normalized spacial score (nSPS) is 14.3. The summed E-state index contributed by atoms with van der Waals surface area (Å²) in [5, 5.41) is 2.89. The van der Waals surface area contributed by atoms with Crippen molar-refractivity contribution in [1.29, 1.82) is 0 Å². The minimum absolute atomic E-state index is 0.237. The maximum Gasteiger partial charge on any atom is 0.244 e. The molecule has 0 fully saturated rings. The van der Waals surface area contributed by atoms with Gasteiger partial charge in [-0.15, -0.1) is 0 Å². The molecule has 1 N–H and O–H groups in total. The van der Waals surface area contributed by atoms with Gasteiger partial charge < -0.3 is 19.5 Å². The lowest BCUT2D eigenvalue weighted by molar-refractivity contribution is -0.117. The number of benzene rings is 2. The van der Waals surface area contributed by atoms with Crippen LogP contribution in [0.5, 0.6) is 17.2 Å². The molecule has 0 aromatic heterocycles. The first kappa shape index (κ1) is 24.6. The van der Waals surface area contributed by atoms with Crippen LogP contribution in [0.1, 0.15) is 37.9 Å². The number of methoxy groups -OCH3 is 1. The molecule has 0 aliphatic carbocycles. The highest BCUT2D eigenvalue weighted by atomic mass is 32.2. The minimum Gasteiger partial charge on any atom is -0.493 e. The van der Waals surface area contributed by atoms with Gasteiger partial charge in [0.2, 0.25) is 21.7 Å². The SMILES string of the molecule is CCN(CC)S(=O)(=O)c1ccc(C(C)NC(=O)/C=C/c2cc(OC)c3c(c2)OCCO3)cc1. The Morgan fingerprint density at radius 3 is 2.45 bits per heavy atom. The zero-order chi connectivity index (χ0) is 24.0. The van der Waals surface area contributed by atoms with Gasteiger partial charge in [0.05, 0.1) is 18.0 Å². The molecule has 2 aromatic rings. The number of hydrogen-bond acceptors (Lipinski definition) is 6. The Labute approximate surface area is 195 Å². The molecule has 0 saturated heterocycles. The Bertz CT molecular complexity index is 1090. The lowest BCUT2D eigenvalue weighted by atomic mass is 10.1. The average molecular weight is 475 g/mol. The van der Waals surface area contributed by atoms with Gasteiger partial charge in [-0.3, -0.25) is 4.79 Å². The fraction of sp³-hybridized carbons (Fsp3) is 0.375. The number of nitrogens with one attached hydrogen (secondary N) is 1. The van der Waals surface area contributed by atoms with Crippen LogP contribution < -0.4 is 19.5 Å². The van der Waals surface area contributed by atoms with Crippen molar-refractivity contribution in [3.8, 4) is 17.2 Å². The third kappa shape index (κ3) is 5.66. The van der Waals surface area contributed by atoms with Gasteiger partial charge in [-0.05, 0) is 48.4 Å². The van der Waals surface area contributed by atoms with Gasteiger partial charge in [0.25, 0.3) is 0 Å². The van der Waals surface area contributed by atoms with Gasteiger partial charge in [-0.1, -0.05) is 26.0 Å². The van der Waals surface area contributed by atoms with Crippen LogP contribution in [0, 0.1) is 0 Å². The van der Waals surface area contributed by atoms with E-state index < -0.39 is 10.0 Å². The molecule has 2 aromatic carbocycles. The van der Waals surface area contributed by atoms with E-state index in [1.165, 1.54) is 10.4 Å². The third-order valence-corrected chi connectivity index (χ3v) is 7.42. The first-order valence-corrected chi connectivity index (χ1v) is 12.3. The van der Waals surface area contributed by atoms with Crippen molar-refractivity contribution in [2.24, 2.45) is 0 Å². The van der Waals surface area contributed by atoms with Crippen molar-refractivity contribution in [2.45, 2.75) is 31.7 Å². The number of hydrogen-bond donors (Lipinski definition) is 1. The Morgan fingerprint density at radius 1 is 1.15 bits per heavy atom. The van der Waals surface area contributed by atoms with E-state index in [1.807, 2.05) is 20.8 Å². The molecular formula is C24H30N2O6S. The molecule has 8 nitrogen and oxygen atoms in total. The fourth-order valence-corrected chi connectivity index (χ4v) is 5.01. The molecule has 0 bridgehead atoms. The second kappa shape index (κ2) is 10.7. The molecule has 1 aliphatic rings. The number of fused-ring (bicyclic) bond motifs is 1. The Hall–Kier alpha value is -3.04. The summed E-state index contributed by atoms with van der Waals surface area (Å²) >= 11 is 0. The first-order chi connectivity index (χ1) is 15.8. The highest BCUT2D eigenvalue weighted by molar-refractivity contribution is 7.89. The number of rotatable bonds is 9. The van der Waals surface area contributed by atoms with Crippen LogP contribution in [-0.4, -0.2) is 52.0 Å². The maximum atomic E-state index is 12.6. The second-order valence-electron chi connectivity index (χ2n) is 7.47. The molecule has 0 radical (unpaired) electrons. The molecule has 1 atom stereocenters. The summed E-state index contributed by atoms with van der Waals surface area (Å²) < 4.78 is 43.2. The Morgan fingerprint density at radius 2 is 1.82 bits per heavy atom. The minimum atomic E-state index is -3.51. The molecule has 0 saturated carbocycles. The van der Waals surface area contributed by atoms with Gasteiger partial charge >= 0.3 is 0 Å². The number of ether oxygens (including phenoxy) is 3. The molecule has 9 heteroatoms. The van der Waals surface area contributed by atoms with Crippen LogP contribution in [0.2, 0.25) is 0 Å². The third-order valence-electron chi connectivity index (χ3n) is 5.36. The van der Waals surface area contributed by atoms with E-state index in [9.17, 15) is 13.2 Å². The lowest BCUT2D eigenvalue weighted by Crippen LogP contribution is -2.30. The van der Waals surface area contributed by atoms with Gasteiger partial charge in [0.1, 0.15) is 13.2 Å². The molecule has 3 rings (SSSR count). The standard InChI is InChI=1S/C24H30N2O6S/c1-5-26(6-2)33(28,29)20-10-8-19(9-11-20)17(3)25-23(27)12-7-18-15-21(30-4)24-22(16-18)31-13-14-32-24/h7-12,15-17H,5-6,13-14H2,1-4H3,(H,25,27)/b12-7+. The van der Waals surface area contributed by atoms with E-state index in [0.29, 0.717) is 43.6 Å². The summed E-state index contributed by atoms with van der Waals surface area (Å²) in [4.78, 5) is 12.7.